The first-order valence-corrected chi connectivity index (χ1v) is 5.93. The first-order chi connectivity index (χ1) is 9.62. The molecule has 116 valence electrons. The fraction of sp³-hybridized carbons (Fsp3) is 0.500. The molecule has 0 unspecified atom stereocenters. The first kappa shape index (κ1) is 15.5. The van der Waals surface area contributed by atoms with E-state index in [-0.39, 0.29) is 5.92 Å². The van der Waals surface area contributed by atoms with E-state index in [1.807, 2.05) is 0 Å². The summed E-state index contributed by atoms with van der Waals surface area (Å²) in [5, 5.41) is 8.77. The van der Waals surface area contributed by atoms with Crippen molar-refractivity contribution < 1.29 is 36.6 Å². The normalized spacial score (nSPS) is 15.9. The number of hydrogen-bond acceptors (Lipinski definition) is 3. The lowest BCUT2D eigenvalue weighted by Crippen LogP contribution is -2.42. The van der Waals surface area contributed by atoms with Crippen LogP contribution >= 0.6 is 0 Å². The number of carboxylic acids is 1. The van der Waals surface area contributed by atoms with Crippen molar-refractivity contribution in [1.29, 1.82) is 0 Å². The lowest BCUT2D eigenvalue weighted by Gasteiger charge is -2.20. The molecule has 0 spiro atoms. The van der Waals surface area contributed by atoms with Gasteiger partial charge in [-0.2, -0.15) is 22.0 Å². The molecule has 0 radical (unpaired) electrons. The molecule has 1 N–H and O–H groups in total. The van der Waals surface area contributed by atoms with Crippen LogP contribution in [0.4, 0.5) is 22.0 Å². The maximum atomic E-state index is 12.8. The number of ether oxygens (including phenoxy) is 1. The smallest absolute Gasteiger partial charge is 0.456 e. The zero-order valence-corrected chi connectivity index (χ0v) is 10.5. The second kappa shape index (κ2) is 5.12. The van der Waals surface area contributed by atoms with Gasteiger partial charge in [0.2, 0.25) is 5.88 Å². The summed E-state index contributed by atoms with van der Waals surface area (Å²) in [4.78, 5) is 14.3. The number of hydrogen-bond donors (Lipinski definition) is 1. The van der Waals surface area contributed by atoms with E-state index < -0.39 is 36.2 Å². The maximum absolute atomic E-state index is 12.8. The highest BCUT2D eigenvalue weighted by Crippen LogP contribution is 2.44. The molecule has 1 aliphatic rings. The number of aromatic nitrogens is 1. The zero-order chi connectivity index (χ0) is 15.8. The Kier molecular flexibility index (Phi) is 3.77. The molecule has 1 aromatic rings. The molecule has 0 amide bonds. The van der Waals surface area contributed by atoms with Crippen molar-refractivity contribution >= 4 is 5.97 Å². The highest BCUT2D eigenvalue weighted by atomic mass is 19.4. The lowest BCUT2D eigenvalue weighted by molar-refractivity contribution is -0.290. The molecule has 2 rings (SSSR count). The van der Waals surface area contributed by atoms with Crippen molar-refractivity contribution in [3.05, 3.63) is 23.4 Å². The summed E-state index contributed by atoms with van der Waals surface area (Å²) < 4.78 is 66.3. The van der Waals surface area contributed by atoms with Crippen molar-refractivity contribution in [2.45, 2.75) is 30.9 Å². The Morgan fingerprint density at radius 3 is 2.38 bits per heavy atom. The summed E-state index contributed by atoms with van der Waals surface area (Å²) in [7, 11) is 0. The number of aromatic carboxylic acids is 1. The SMILES string of the molecule is O=C(O)c1ccc(C2CC2)c(OCC(F)(F)C(F)(F)F)n1. The van der Waals surface area contributed by atoms with Crippen LogP contribution in [0.1, 0.15) is 34.8 Å². The third kappa shape index (κ3) is 3.40. The van der Waals surface area contributed by atoms with E-state index in [0.29, 0.717) is 5.56 Å². The molecule has 0 aliphatic heterocycles. The van der Waals surface area contributed by atoms with E-state index in [1.165, 1.54) is 6.07 Å². The largest absolute Gasteiger partial charge is 0.477 e. The van der Waals surface area contributed by atoms with Crippen molar-refractivity contribution in [3.63, 3.8) is 0 Å². The molecular formula is C12H10F5NO3. The number of alkyl halides is 5. The Labute approximate surface area is 115 Å². The molecule has 0 bridgehead atoms. The minimum absolute atomic E-state index is 0.0464. The molecule has 1 saturated carbocycles. The van der Waals surface area contributed by atoms with Crippen LogP contribution in [0, 0.1) is 0 Å². The highest BCUT2D eigenvalue weighted by molar-refractivity contribution is 5.85. The number of pyridine rings is 1. The number of carboxylic acid groups (broad SMARTS) is 1. The van der Waals surface area contributed by atoms with Crippen LogP contribution in [-0.4, -0.2) is 34.8 Å². The van der Waals surface area contributed by atoms with Gasteiger partial charge in [-0.1, -0.05) is 6.07 Å². The average molecular weight is 311 g/mol. The van der Waals surface area contributed by atoms with E-state index in [2.05, 4.69) is 9.72 Å². The van der Waals surface area contributed by atoms with Gasteiger partial charge in [0.1, 0.15) is 0 Å². The summed E-state index contributed by atoms with van der Waals surface area (Å²) in [6.45, 7) is -1.94. The number of halogens is 5. The second-order valence-corrected chi connectivity index (χ2v) is 4.66. The quantitative estimate of drug-likeness (QED) is 0.848. The van der Waals surface area contributed by atoms with E-state index in [1.54, 1.807) is 0 Å². The van der Waals surface area contributed by atoms with Gasteiger partial charge in [0.25, 0.3) is 0 Å². The summed E-state index contributed by atoms with van der Waals surface area (Å²) in [6.07, 6.45) is -4.29. The van der Waals surface area contributed by atoms with Gasteiger partial charge in [-0.25, -0.2) is 9.78 Å². The highest BCUT2D eigenvalue weighted by Gasteiger charge is 2.58. The second-order valence-electron chi connectivity index (χ2n) is 4.66. The molecule has 9 heteroatoms. The molecule has 1 aliphatic carbocycles. The Morgan fingerprint density at radius 1 is 1.29 bits per heavy atom. The Hall–Kier alpha value is -1.93. The molecule has 0 saturated heterocycles. The van der Waals surface area contributed by atoms with Crippen LogP contribution in [0.3, 0.4) is 0 Å². The van der Waals surface area contributed by atoms with E-state index in [0.717, 1.165) is 18.9 Å². The van der Waals surface area contributed by atoms with Gasteiger partial charge < -0.3 is 9.84 Å². The fourth-order valence-electron chi connectivity index (χ4n) is 1.63. The maximum Gasteiger partial charge on any atom is 0.456 e. The molecule has 4 nitrogen and oxygen atoms in total. The van der Waals surface area contributed by atoms with Crippen LogP contribution in [0.25, 0.3) is 0 Å². The van der Waals surface area contributed by atoms with Crippen LogP contribution in [-0.2, 0) is 0 Å². The molecule has 1 heterocycles. The Bertz CT molecular complexity index is 554. The Balaban J connectivity index is 2.21. The van der Waals surface area contributed by atoms with Gasteiger partial charge >= 0.3 is 18.1 Å². The zero-order valence-electron chi connectivity index (χ0n) is 10.5. The van der Waals surface area contributed by atoms with Crippen molar-refractivity contribution in [2.75, 3.05) is 6.61 Å². The Morgan fingerprint density at radius 2 is 1.90 bits per heavy atom. The van der Waals surface area contributed by atoms with E-state index in [4.69, 9.17) is 5.11 Å². The van der Waals surface area contributed by atoms with Gasteiger partial charge in [0.15, 0.2) is 12.3 Å². The minimum atomic E-state index is -5.74. The topological polar surface area (TPSA) is 59.4 Å². The summed E-state index contributed by atoms with van der Waals surface area (Å²) >= 11 is 0. The molecule has 1 aromatic heterocycles. The molecule has 1 fully saturated rings. The third-order valence-electron chi connectivity index (χ3n) is 2.93. The first-order valence-electron chi connectivity index (χ1n) is 5.93. The van der Waals surface area contributed by atoms with E-state index in [9.17, 15) is 26.7 Å². The van der Waals surface area contributed by atoms with Gasteiger partial charge in [-0.15, -0.1) is 0 Å². The lowest BCUT2D eigenvalue weighted by atomic mass is 10.1. The molecule has 0 atom stereocenters. The van der Waals surface area contributed by atoms with Gasteiger partial charge in [-0.05, 0) is 24.8 Å². The number of rotatable bonds is 5. The van der Waals surface area contributed by atoms with Crippen LogP contribution in [0.2, 0.25) is 0 Å². The average Bonchev–Trinajstić information content (AvgIpc) is 3.18. The van der Waals surface area contributed by atoms with Crippen LogP contribution in [0.15, 0.2) is 12.1 Å². The predicted octanol–water partition coefficient (Wildman–Crippen LogP) is 3.23. The molecular weight excluding hydrogens is 301 g/mol. The van der Waals surface area contributed by atoms with Crippen LogP contribution < -0.4 is 4.74 Å². The van der Waals surface area contributed by atoms with Gasteiger partial charge in [0, 0.05) is 5.56 Å². The van der Waals surface area contributed by atoms with Crippen molar-refractivity contribution in [1.82, 2.24) is 4.98 Å². The summed E-state index contributed by atoms with van der Waals surface area (Å²) in [6, 6.07) is 2.49. The fourth-order valence-corrected chi connectivity index (χ4v) is 1.63. The van der Waals surface area contributed by atoms with Crippen molar-refractivity contribution in [2.24, 2.45) is 0 Å². The summed E-state index contributed by atoms with van der Waals surface area (Å²) in [5.74, 6) is -6.99. The summed E-state index contributed by atoms with van der Waals surface area (Å²) in [5.41, 5.74) is -0.136. The predicted molar refractivity (Wildman–Crippen MR) is 59.7 cm³/mol. The van der Waals surface area contributed by atoms with E-state index >= 15 is 0 Å². The number of nitrogens with zero attached hydrogens (tertiary/aromatic N) is 1. The third-order valence-corrected chi connectivity index (χ3v) is 2.93. The molecule has 0 aromatic carbocycles. The standard InChI is InChI=1S/C12H10F5NO3/c13-11(14,12(15,16)17)5-21-9-7(6-1-2-6)3-4-8(18-9)10(19)20/h3-4,6H,1-2,5H2,(H,19,20). The number of carbonyl (C=O) groups is 1. The van der Waals surface area contributed by atoms with Crippen molar-refractivity contribution in [3.8, 4) is 5.88 Å². The monoisotopic (exact) mass is 311 g/mol. The molecule has 21 heavy (non-hydrogen) atoms. The van der Waals surface area contributed by atoms with Gasteiger partial charge in [0.05, 0.1) is 0 Å². The van der Waals surface area contributed by atoms with Gasteiger partial charge in [-0.3, -0.25) is 0 Å². The van der Waals surface area contributed by atoms with Crippen LogP contribution in [0.5, 0.6) is 5.88 Å². The minimum Gasteiger partial charge on any atom is -0.477 e.